The molecule has 2 N–H and O–H groups in total. The van der Waals surface area contributed by atoms with Crippen molar-refractivity contribution in [2.75, 3.05) is 20.6 Å². The molecule has 0 radical (unpaired) electrons. The molecule has 0 aliphatic carbocycles. The molecule has 0 saturated heterocycles. The van der Waals surface area contributed by atoms with Crippen LogP contribution in [-0.4, -0.2) is 51.2 Å². The van der Waals surface area contributed by atoms with Gasteiger partial charge in [0.25, 0.3) is 0 Å². The van der Waals surface area contributed by atoms with Crippen LogP contribution >= 0.6 is 0 Å². The highest BCUT2D eigenvalue weighted by Gasteiger charge is 2.09. The number of aromatic nitrogens is 4. The minimum atomic E-state index is 0.658. The number of aryl methyl sites for hydroxylation is 1. The Morgan fingerprint density at radius 1 is 1.27 bits per heavy atom. The summed E-state index contributed by atoms with van der Waals surface area (Å²) < 4.78 is 1.93. The lowest BCUT2D eigenvalue weighted by Crippen LogP contribution is -2.39. The number of nitrogens with zero attached hydrogens (tertiary/aromatic N) is 5. The number of hydrogen-bond donors (Lipinski definition) is 2. The van der Waals surface area contributed by atoms with E-state index in [9.17, 15) is 0 Å². The number of rotatable bonds is 7. The monoisotopic (exact) mass is 351 g/mol. The highest BCUT2D eigenvalue weighted by molar-refractivity contribution is 5.79. The SMILES string of the molecule is CN=C(NCCCn1cccn1)N(C)Cc1ncc(-c2ccccc2)[nH]1. The summed E-state index contributed by atoms with van der Waals surface area (Å²) in [6.45, 7) is 2.38. The molecule has 3 rings (SSSR count). The summed E-state index contributed by atoms with van der Waals surface area (Å²) in [6, 6.07) is 12.1. The summed E-state index contributed by atoms with van der Waals surface area (Å²) in [6.07, 6.45) is 6.63. The third-order valence-corrected chi connectivity index (χ3v) is 4.08. The van der Waals surface area contributed by atoms with Crippen molar-refractivity contribution < 1.29 is 0 Å². The lowest BCUT2D eigenvalue weighted by Gasteiger charge is -2.21. The maximum absolute atomic E-state index is 4.49. The summed E-state index contributed by atoms with van der Waals surface area (Å²) in [5, 5.41) is 7.59. The van der Waals surface area contributed by atoms with Crippen molar-refractivity contribution in [1.29, 1.82) is 0 Å². The first-order valence-electron chi connectivity index (χ1n) is 8.75. The van der Waals surface area contributed by atoms with E-state index in [0.717, 1.165) is 42.6 Å². The van der Waals surface area contributed by atoms with E-state index < -0.39 is 0 Å². The van der Waals surface area contributed by atoms with Gasteiger partial charge in [-0.1, -0.05) is 30.3 Å². The van der Waals surface area contributed by atoms with Crippen molar-refractivity contribution in [2.45, 2.75) is 19.5 Å². The van der Waals surface area contributed by atoms with Crippen molar-refractivity contribution in [3.8, 4) is 11.3 Å². The van der Waals surface area contributed by atoms with Gasteiger partial charge in [0.1, 0.15) is 5.82 Å². The molecule has 136 valence electrons. The average molecular weight is 351 g/mol. The number of hydrogen-bond acceptors (Lipinski definition) is 3. The maximum atomic E-state index is 4.49. The zero-order valence-corrected chi connectivity index (χ0v) is 15.3. The normalized spacial score (nSPS) is 11.5. The highest BCUT2D eigenvalue weighted by atomic mass is 15.3. The number of guanidine groups is 1. The lowest BCUT2D eigenvalue weighted by molar-refractivity contribution is 0.459. The summed E-state index contributed by atoms with van der Waals surface area (Å²) in [5.41, 5.74) is 2.16. The fourth-order valence-corrected chi connectivity index (χ4v) is 2.77. The summed E-state index contributed by atoms with van der Waals surface area (Å²) in [4.78, 5) is 14.3. The Morgan fingerprint density at radius 3 is 2.85 bits per heavy atom. The predicted molar refractivity (Wildman–Crippen MR) is 104 cm³/mol. The smallest absolute Gasteiger partial charge is 0.193 e. The predicted octanol–water partition coefficient (Wildman–Crippen LogP) is 2.37. The Bertz CT molecular complexity index is 806. The van der Waals surface area contributed by atoms with Gasteiger partial charge >= 0.3 is 0 Å². The number of imidazole rings is 1. The highest BCUT2D eigenvalue weighted by Crippen LogP contribution is 2.16. The van der Waals surface area contributed by atoms with Crippen molar-refractivity contribution in [2.24, 2.45) is 4.99 Å². The molecule has 0 aliphatic heterocycles. The zero-order valence-electron chi connectivity index (χ0n) is 15.3. The summed E-state index contributed by atoms with van der Waals surface area (Å²) >= 11 is 0. The lowest BCUT2D eigenvalue weighted by atomic mass is 10.2. The van der Waals surface area contributed by atoms with E-state index in [1.807, 2.05) is 48.4 Å². The van der Waals surface area contributed by atoms with Gasteiger partial charge in [-0.25, -0.2) is 4.98 Å². The van der Waals surface area contributed by atoms with Crippen LogP contribution in [0, 0.1) is 0 Å². The molecule has 0 unspecified atom stereocenters. The molecule has 0 bridgehead atoms. The van der Waals surface area contributed by atoms with Crippen LogP contribution < -0.4 is 5.32 Å². The standard InChI is InChI=1S/C19H25N7/c1-20-19(21-10-6-12-26-13-7-11-23-26)25(2)15-18-22-14-17(24-18)16-8-4-3-5-9-16/h3-5,7-9,11,13-14H,6,10,12,15H2,1-2H3,(H,20,21)(H,22,24). The van der Waals surface area contributed by atoms with Gasteiger partial charge in [0.05, 0.1) is 18.4 Å². The fraction of sp³-hybridized carbons (Fsp3) is 0.316. The first-order valence-corrected chi connectivity index (χ1v) is 8.75. The molecular weight excluding hydrogens is 326 g/mol. The summed E-state index contributed by atoms with van der Waals surface area (Å²) in [7, 11) is 3.80. The molecule has 7 heteroatoms. The van der Waals surface area contributed by atoms with E-state index in [1.165, 1.54) is 0 Å². The number of aliphatic imine (C=N–C) groups is 1. The van der Waals surface area contributed by atoms with Gasteiger partial charge in [-0.3, -0.25) is 9.67 Å². The molecule has 0 fully saturated rings. The van der Waals surface area contributed by atoms with Crippen LogP contribution in [-0.2, 0) is 13.1 Å². The largest absolute Gasteiger partial charge is 0.356 e. The molecule has 0 saturated carbocycles. The molecular formula is C19H25N7. The minimum Gasteiger partial charge on any atom is -0.356 e. The van der Waals surface area contributed by atoms with Gasteiger partial charge < -0.3 is 15.2 Å². The first-order chi connectivity index (χ1) is 12.8. The third-order valence-electron chi connectivity index (χ3n) is 4.08. The molecule has 0 spiro atoms. The van der Waals surface area contributed by atoms with E-state index in [4.69, 9.17) is 0 Å². The van der Waals surface area contributed by atoms with Crippen LogP contribution in [0.3, 0.4) is 0 Å². The quantitative estimate of drug-likeness (QED) is 0.389. The molecule has 0 aliphatic rings. The van der Waals surface area contributed by atoms with Crippen molar-refractivity contribution in [3.05, 3.63) is 60.8 Å². The summed E-state index contributed by atoms with van der Waals surface area (Å²) in [5.74, 6) is 1.76. The molecule has 0 atom stereocenters. The van der Waals surface area contributed by atoms with E-state index >= 15 is 0 Å². The molecule has 2 aromatic heterocycles. The second-order valence-electron chi connectivity index (χ2n) is 6.06. The molecule has 3 aromatic rings. The number of aromatic amines is 1. The number of H-pyrrole nitrogens is 1. The van der Waals surface area contributed by atoms with Crippen molar-refractivity contribution >= 4 is 5.96 Å². The van der Waals surface area contributed by atoms with Crippen LogP contribution in [0.25, 0.3) is 11.3 Å². The second kappa shape index (κ2) is 8.84. The molecule has 7 nitrogen and oxygen atoms in total. The minimum absolute atomic E-state index is 0.658. The Hall–Kier alpha value is -3.09. The Labute approximate surface area is 153 Å². The van der Waals surface area contributed by atoms with Crippen LogP contribution in [0.15, 0.2) is 60.0 Å². The van der Waals surface area contributed by atoms with Gasteiger partial charge in [0, 0.05) is 39.6 Å². The van der Waals surface area contributed by atoms with Gasteiger partial charge in [-0.15, -0.1) is 0 Å². The second-order valence-corrected chi connectivity index (χ2v) is 6.06. The number of benzene rings is 1. The molecule has 1 aromatic carbocycles. The third kappa shape index (κ3) is 4.72. The average Bonchev–Trinajstić information content (AvgIpc) is 3.34. The Balaban J connectivity index is 1.49. The fourth-order valence-electron chi connectivity index (χ4n) is 2.77. The molecule has 26 heavy (non-hydrogen) atoms. The van der Waals surface area contributed by atoms with Gasteiger partial charge in [0.15, 0.2) is 5.96 Å². The molecule has 2 heterocycles. The van der Waals surface area contributed by atoms with E-state index in [2.05, 4.69) is 42.4 Å². The van der Waals surface area contributed by atoms with Crippen LogP contribution in [0.5, 0.6) is 0 Å². The maximum Gasteiger partial charge on any atom is 0.193 e. The van der Waals surface area contributed by atoms with E-state index in [0.29, 0.717) is 6.54 Å². The first kappa shape index (κ1) is 17.7. The van der Waals surface area contributed by atoms with E-state index in [-0.39, 0.29) is 0 Å². The molecule has 0 amide bonds. The van der Waals surface area contributed by atoms with Crippen LogP contribution in [0.1, 0.15) is 12.2 Å². The zero-order chi connectivity index (χ0) is 18.2. The number of nitrogens with one attached hydrogen (secondary N) is 2. The van der Waals surface area contributed by atoms with Gasteiger partial charge in [-0.2, -0.15) is 5.10 Å². The van der Waals surface area contributed by atoms with Gasteiger partial charge in [0.2, 0.25) is 0 Å². The topological polar surface area (TPSA) is 74.1 Å². The van der Waals surface area contributed by atoms with E-state index in [1.54, 1.807) is 13.2 Å². The Morgan fingerprint density at radius 2 is 2.12 bits per heavy atom. The van der Waals surface area contributed by atoms with Crippen molar-refractivity contribution in [3.63, 3.8) is 0 Å². The van der Waals surface area contributed by atoms with Crippen LogP contribution in [0.2, 0.25) is 0 Å². The van der Waals surface area contributed by atoms with Gasteiger partial charge in [-0.05, 0) is 18.1 Å². The Kier molecular flexibility index (Phi) is 6.03. The van der Waals surface area contributed by atoms with Crippen molar-refractivity contribution in [1.82, 2.24) is 30.0 Å². The van der Waals surface area contributed by atoms with Crippen LogP contribution in [0.4, 0.5) is 0 Å².